The second-order valence-corrected chi connectivity index (χ2v) is 4.87. The maximum absolute atomic E-state index is 13.1. The van der Waals surface area contributed by atoms with Gasteiger partial charge in [0, 0.05) is 10.9 Å². The van der Waals surface area contributed by atoms with Crippen LogP contribution in [-0.2, 0) is 0 Å². The summed E-state index contributed by atoms with van der Waals surface area (Å²) in [5.41, 5.74) is 0.471. The van der Waals surface area contributed by atoms with Gasteiger partial charge in [-0.2, -0.15) is 0 Å². The van der Waals surface area contributed by atoms with Crippen LogP contribution in [0.5, 0.6) is 5.75 Å². The molecule has 0 spiro atoms. The molecule has 2 aromatic rings. The van der Waals surface area contributed by atoms with Crippen molar-refractivity contribution in [2.45, 2.75) is 12.5 Å². The normalized spacial score (nSPS) is 18.6. The molecule has 0 fully saturated rings. The van der Waals surface area contributed by atoms with Crippen molar-refractivity contribution < 1.29 is 13.9 Å². The first kappa shape index (κ1) is 10.5. The molecule has 0 saturated carbocycles. The van der Waals surface area contributed by atoms with Crippen LogP contribution in [0.2, 0.25) is 0 Å². The zero-order valence-electron chi connectivity index (χ0n) is 8.85. The summed E-state index contributed by atoms with van der Waals surface area (Å²) in [7, 11) is 0. The summed E-state index contributed by atoms with van der Waals surface area (Å²) in [6.45, 7) is 0. The summed E-state index contributed by atoms with van der Waals surface area (Å²) in [6, 6.07) is 7.87. The van der Waals surface area contributed by atoms with Gasteiger partial charge in [-0.05, 0) is 23.6 Å². The molecule has 3 rings (SSSR count). The van der Waals surface area contributed by atoms with Crippen molar-refractivity contribution in [3.8, 4) is 5.75 Å². The van der Waals surface area contributed by atoms with Crippen molar-refractivity contribution in [3.63, 3.8) is 0 Å². The number of fused-ring (bicyclic) bond motifs is 1. The first-order valence-electron chi connectivity index (χ1n) is 5.27. The molecule has 0 aliphatic carbocycles. The predicted molar refractivity (Wildman–Crippen MR) is 63.0 cm³/mol. The van der Waals surface area contributed by atoms with Crippen molar-refractivity contribution in [3.05, 3.63) is 52.0 Å². The van der Waals surface area contributed by atoms with Gasteiger partial charge in [-0.3, -0.25) is 4.79 Å². The Morgan fingerprint density at radius 3 is 3.00 bits per heavy atom. The maximum atomic E-state index is 13.1. The molecule has 0 bridgehead atoms. The largest absolute Gasteiger partial charge is 0.484 e. The number of hydrogen-bond acceptors (Lipinski definition) is 3. The second-order valence-electron chi connectivity index (χ2n) is 3.89. The minimum Gasteiger partial charge on any atom is -0.484 e. The van der Waals surface area contributed by atoms with E-state index in [0.29, 0.717) is 17.7 Å². The van der Waals surface area contributed by atoms with Crippen LogP contribution in [0, 0.1) is 5.82 Å². The molecular formula is C13H9FO2S. The monoisotopic (exact) mass is 248 g/mol. The van der Waals surface area contributed by atoms with Crippen LogP contribution in [0.4, 0.5) is 4.39 Å². The van der Waals surface area contributed by atoms with E-state index in [1.165, 1.54) is 29.5 Å². The van der Waals surface area contributed by atoms with E-state index in [2.05, 4.69) is 0 Å². The third-order valence-electron chi connectivity index (χ3n) is 2.74. The van der Waals surface area contributed by atoms with E-state index in [-0.39, 0.29) is 17.7 Å². The third kappa shape index (κ3) is 1.85. The highest BCUT2D eigenvalue weighted by Crippen LogP contribution is 2.36. The summed E-state index contributed by atoms with van der Waals surface area (Å²) in [4.78, 5) is 12.9. The fourth-order valence-electron chi connectivity index (χ4n) is 1.93. The highest BCUT2D eigenvalue weighted by atomic mass is 32.1. The van der Waals surface area contributed by atoms with Gasteiger partial charge in [0.1, 0.15) is 17.7 Å². The molecule has 0 radical (unpaired) electrons. The van der Waals surface area contributed by atoms with Crippen molar-refractivity contribution in [2.24, 2.45) is 0 Å². The summed E-state index contributed by atoms with van der Waals surface area (Å²) in [6.07, 6.45) is 0.0379. The second kappa shape index (κ2) is 3.96. The average Bonchev–Trinajstić information content (AvgIpc) is 2.81. The number of hydrogen-bond donors (Lipinski definition) is 0. The summed E-state index contributed by atoms with van der Waals surface area (Å²) in [5, 5.41) is 1.93. The van der Waals surface area contributed by atoms with E-state index in [1.807, 2.05) is 17.5 Å². The number of Topliss-reactive ketones (excluding diaryl/α,β-unsaturated/α-hetero) is 1. The lowest BCUT2D eigenvalue weighted by atomic mass is 10.00. The number of thiophene rings is 1. The minimum absolute atomic E-state index is 0.00431. The highest BCUT2D eigenvalue weighted by molar-refractivity contribution is 7.10. The van der Waals surface area contributed by atoms with Gasteiger partial charge in [0.15, 0.2) is 5.78 Å². The van der Waals surface area contributed by atoms with Crippen LogP contribution < -0.4 is 4.74 Å². The van der Waals surface area contributed by atoms with E-state index >= 15 is 0 Å². The summed E-state index contributed by atoms with van der Waals surface area (Å²) < 4.78 is 18.8. The molecule has 1 unspecified atom stereocenters. The van der Waals surface area contributed by atoms with E-state index in [9.17, 15) is 9.18 Å². The molecule has 0 amide bonds. The molecule has 17 heavy (non-hydrogen) atoms. The zero-order chi connectivity index (χ0) is 11.8. The Balaban J connectivity index is 2.00. The zero-order valence-corrected chi connectivity index (χ0v) is 9.67. The number of benzene rings is 1. The van der Waals surface area contributed by atoms with Gasteiger partial charge in [-0.25, -0.2) is 4.39 Å². The molecule has 0 N–H and O–H groups in total. The van der Waals surface area contributed by atoms with Gasteiger partial charge in [-0.15, -0.1) is 11.3 Å². The Labute approximate surface area is 102 Å². The van der Waals surface area contributed by atoms with Gasteiger partial charge < -0.3 is 4.74 Å². The molecule has 1 aliphatic heterocycles. The van der Waals surface area contributed by atoms with Crippen LogP contribution in [-0.4, -0.2) is 5.78 Å². The van der Waals surface area contributed by atoms with Gasteiger partial charge in [0.05, 0.1) is 12.0 Å². The predicted octanol–water partition coefficient (Wildman–Crippen LogP) is 3.59. The lowest BCUT2D eigenvalue weighted by Crippen LogP contribution is -2.19. The van der Waals surface area contributed by atoms with E-state index in [4.69, 9.17) is 4.74 Å². The van der Waals surface area contributed by atoms with E-state index in [0.717, 1.165) is 4.88 Å². The lowest BCUT2D eigenvalue weighted by molar-refractivity contribution is 0.0853. The van der Waals surface area contributed by atoms with Crippen LogP contribution in [0.15, 0.2) is 35.7 Å². The van der Waals surface area contributed by atoms with Gasteiger partial charge >= 0.3 is 0 Å². The number of carbonyl (C=O) groups excluding carboxylic acids is 1. The number of carbonyl (C=O) groups is 1. The van der Waals surface area contributed by atoms with Crippen molar-refractivity contribution in [1.29, 1.82) is 0 Å². The highest BCUT2D eigenvalue weighted by Gasteiger charge is 2.28. The Morgan fingerprint density at radius 1 is 1.35 bits per heavy atom. The number of ether oxygens (including phenoxy) is 1. The minimum atomic E-state index is -0.386. The molecule has 2 heterocycles. The molecule has 1 aliphatic rings. The van der Waals surface area contributed by atoms with Gasteiger partial charge in [0.2, 0.25) is 0 Å². The quantitative estimate of drug-likeness (QED) is 0.770. The Hall–Kier alpha value is -1.68. The molecular weight excluding hydrogens is 239 g/mol. The van der Waals surface area contributed by atoms with E-state index < -0.39 is 0 Å². The smallest absolute Gasteiger partial charge is 0.170 e. The summed E-state index contributed by atoms with van der Waals surface area (Å²) in [5.74, 6) is -0.0346. The van der Waals surface area contributed by atoms with Crippen LogP contribution >= 0.6 is 11.3 Å². The SMILES string of the molecule is O=C1CC(c2cccs2)Oc2cc(F)ccc21. The van der Waals surface area contributed by atoms with E-state index in [1.54, 1.807) is 0 Å². The average molecular weight is 248 g/mol. The fraction of sp³-hybridized carbons (Fsp3) is 0.154. The lowest BCUT2D eigenvalue weighted by Gasteiger charge is -2.24. The topological polar surface area (TPSA) is 26.3 Å². The van der Waals surface area contributed by atoms with Crippen LogP contribution in [0.25, 0.3) is 0 Å². The van der Waals surface area contributed by atoms with Crippen LogP contribution in [0.3, 0.4) is 0 Å². The first-order chi connectivity index (χ1) is 8.24. The van der Waals surface area contributed by atoms with Gasteiger partial charge in [0.25, 0.3) is 0 Å². The Morgan fingerprint density at radius 2 is 2.24 bits per heavy atom. The van der Waals surface area contributed by atoms with Crippen LogP contribution in [0.1, 0.15) is 27.8 Å². The fourth-order valence-corrected chi connectivity index (χ4v) is 2.69. The molecule has 1 aromatic heterocycles. The molecule has 86 valence electrons. The third-order valence-corrected chi connectivity index (χ3v) is 3.71. The maximum Gasteiger partial charge on any atom is 0.170 e. The first-order valence-corrected chi connectivity index (χ1v) is 6.15. The Bertz CT molecular complexity index is 563. The van der Waals surface area contributed by atoms with Crippen molar-refractivity contribution >= 4 is 17.1 Å². The molecule has 4 heteroatoms. The standard InChI is InChI=1S/C13H9FO2S/c14-8-3-4-9-10(15)7-12(16-11(9)6-8)13-2-1-5-17-13/h1-6,12H,7H2. The molecule has 2 nitrogen and oxygen atoms in total. The number of rotatable bonds is 1. The number of halogens is 1. The molecule has 1 atom stereocenters. The van der Waals surface area contributed by atoms with Crippen molar-refractivity contribution in [1.82, 2.24) is 0 Å². The summed E-state index contributed by atoms with van der Waals surface area (Å²) >= 11 is 1.54. The molecule has 0 saturated heterocycles. The molecule has 1 aromatic carbocycles. The Kier molecular flexibility index (Phi) is 2.44. The number of ketones is 1. The van der Waals surface area contributed by atoms with Gasteiger partial charge in [-0.1, -0.05) is 6.07 Å². The van der Waals surface area contributed by atoms with Crippen molar-refractivity contribution in [2.75, 3.05) is 0 Å².